The minimum atomic E-state index is -0.0546. The van der Waals surface area contributed by atoms with Gasteiger partial charge in [-0.2, -0.15) is 0 Å². The normalized spacial score (nSPS) is 16.7. The number of aromatic nitrogens is 1. The summed E-state index contributed by atoms with van der Waals surface area (Å²) in [5, 5.41) is 3.15. The van der Waals surface area contributed by atoms with Crippen LogP contribution in [0, 0.1) is 5.92 Å². The highest BCUT2D eigenvalue weighted by Gasteiger charge is 2.27. The molecule has 1 N–H and O–H groups in total. The number of ether oxygens (including phenoxy) is 1. The van der Waals surface area contributed by atoms with Crippen molar-refractivity contribution in [3.63, 3.8) is 0 Å². The van der Waals surface area contributed by atoms with E-state index in [4.69, 9.17) is 4.74 Å². The Bertz CT molecular complexity index is 540. The van der Waals surface area contributed by atoms with Crippen molar-refractivity contribution >= 4 is 11.7 Å². The van der Waals surface area contributed by atoms with Gasteiger partial charge in [-0.1, -0.05) is 26.7 Å². The average Bonchev–Trinajstić information content (AvgIpc) is 2.65. The van der Waals surface area contributed by atoms with Gasteiger partial charge < -0.3 is 15.0 Å². The molecule has 0 spiro atoms. The summed E-state index contributed by atoms with van der Waals surface area (Å²) in [5.41, 5.74) is 0.623. The van der Waals surface area contributed by atoms with Gasteiger partial charge in [-0.15, -0.1) is 0 Å². The van der Waals surface area contributed by atoms with Gasteiger partial charge in [-0.05, 0) is 18.1 Å². The number of amides is 1. The Labute approximate surface area is 151 Å². The third-order valence-electron chi connectivity index (χ3n) is 5.03. The molecule has 2 rings (SSSR count). The molecule has 0 bridgehead atoms. The SMILES string of the molecule is CCC(CC)C(CNC(=O)c1cccnc1N(C)C)N1CCOCC1. The predicted molar refractivity (Wildman–Crippen MR) is 101 cm³/mol. The predicted octanol–water partition coefficient (Wildman–Crippen LogP) is 2.01. The van der Waals surface area contributed by atoms with E-state index in [0.717, 1.165) is 39.1 Å². The first-order valence-electron chi connectivity index (χ1n) is 9.30. The van der Waals surface area contributed by atoms with Crippen LogP contribution >= 0.6 is 0 Å². The maximum atomic E-state index is 12.7. The summed E-state index contributed by atoms with van der Waals surface area (Å²) in [4.78, 5) is 21.4. The summed E-state index contributed by atoms with van der Waals surface area (Å²) in [6, 6.07) is 3.99. The lowest BCUT2D eigenvalue weighted by atomic mass is 9.92. The number of morpholine rings is 1. The molecule has 1 atom stereocenters. The lowest BCUT2D eigenvalue weighted by Gasteiger charge is -2.38. The van der Waals surface area contributed by atoms with Gasteiger partial charge in [0.2, 0.25) is 0 Å². The van der Waals surface area contributed by atoms with Crippen molar-refractivity contribution in [1.29, 1.82) is 0 Å². The second-order valence-electron chi connectivity index (χ2n) is 6.77. The molecule has 1 aliphatic rings. The van der Waals surface area contributed by atoms with E-state index >= 15 is 0 Å². The minimum Gasteiger partial charge on any atom is -0.379 e. The number of anilines is 1. The number of nitrogens with zero attached hydrogens (tertiary/aromatic N) is 3. The van der Waals surface area contributed by atoms with E-state index in [2.05, 4.69) is 29.0 Å². The van der Waals surface area contributed by atoms with Crippen LogP contribution in [-0.2, 0) is 4.74 Å². The summed E-state index contributed by atoms with van der Waals surface area (Å²) < 4.78 is 5.49. The van der Waals surface area contributed by atoms with Crippen molar-refractivity contribution in [3.05, 3.63) is 23.9 Å². The molecule has 25 heavy (non-hydrogen) atoms. The standard InChI is InChI=1S/C19H32N4O2/c1-5-15(6-2)17(23-10-12-25-13-11-23)14-21-19(24)16-8-7-9-20-18(16)22(3)4/h7-9,15,17H,5-6,10-14H2,1-4H3,(H,21,24). The van der Waals surface area contributed by atoms with Gasteiger partial charge in [0.25, 0.3) is 5.91 Å². The van der Waals surface area contributed by atoms with Crippen molar-refractivity contribution in [2.45, 2.75) is 32.7 Å². The van der Waals surface area contributed by atoms with Crippen molar-refractivity contribution in [2.75, 3.05) is 51.8 Å². The molecule has 1 unspecified atom stereocenters. The lowest BCUT2D eigenvalue weighted by Crippen LogP contribution is -2.52. The molecule has 1 fully saturated rings. The lowest BCUT2D eigenvalue weighted by molar-refractivity contribution is 0.00191. The van der Waals surface area contributed by atoms with Crippen LogP contribution < -0.4 is 10.2 Å². The first kappa shape index (κ1) is 19.7. The molecule has 140 valence electrons. The van der Waals surface area contributed by atoms with Crippen LogP contribution in [0.15, 0.2) is 18.3 Å². The number of carbonyl (C=O) groups excluding carboxylic acids is 1. The molecule has 1 saturated heterocycles. The van der Waals surface area contributed by atoms with Crippen LogP contribution in [-0.4, -0.2) is 68.8 Å². The Morgan fingerprint density at radius 2 is 2.00 bits per heavy atom. The van der Waals surface area contributed by atoms with Crippen LogP contribution in [0.1, 0.15) is 37.0 Å². The summed E-state index contributed by atoms with van der Waals surface area (Å²) >= 11 is 0. The zero-order valence-corrected chi connectivity index (χ0v) is 16.0. The Hall–Kier alpha value is -1.66. The number of pyridine rings is 1. The number of carbonyl (C=O) groups is 1. The molecule has 6 nitrogen and oxygen atoms in total. The maximum Gasteiger partial charge on any atom is 0.255 e. The largest absolute Gasteiger partial charge is 0.379 e. The van der Waals surface area contributed by atoms with Gasteiger partial charge in [0.15, 0.2) is 0 Å². The molecule has 0 saturated carbocycles. The molecule has 0 aromatic carbocycles. The fraction of sp³-hybridized carbons (Fsp3) is 0.684. The van der Waals surface area contributed by atoms with Gasteiger partial charge >= 0.3 is 0 Å². The average molecular weight is 348 g/mol. The molecule has 0 radical (unpaired) electrons. The van der Waals surface area contributed by atoms with Gasteiger partial charge in [0, 0.05) is 46.0 Å². The molecule has 1 aromatic heterocycles. The van der Waals surface area contributed by atoms with Crippen LogP contribution in [0.4, 0.5) is 5.82 Å². The number of hydrogen-bond acceptors (Lipinski definition) is 5. The van der Waals surface area contributed by atoms with E-state index in [1.165, 1.54) is 0 Å². The zero-order valence-electron chi connectivity index (χ0n) is 16.0. The highest BCUT2D eigenvalue weighted by Crippen LogP contribution is 2.20. The number of hydrogen-bond donors (Lipinski definition) is 1. The second-order valence-corrected chi connectivity index (χ2v) is 6.77. The van der Waals surface area contributed by atoms with E-state index in [0.29, 0.717) is 29.9 Å². The molecule has 1 amide bonds. The molecule has 2 heterocycles. The van der Waals surface area contributed by atoms with E-state index < -0.39 is 0 Å². The zero-order chi connectivity index (χ0) is 18.2. The highest BCUT2D eigenvalue weighted by molar-refractivity contribution is 5.98. The fourth-order valence-corrected chi connectivity index (χ4v) is 3.56. The van der Waals surface area contributed by atoms with Crippen molar-refractivity contribution in [1.82, 2.24) is 15.2 Å². The summed E-state index contributed by atoms with van der Waals surface area (Å²) in [6.45, 7) is 8.55. The van der Waals surface area contributed by atoms with E-state index in [-0.39, 0.29) is 5.91 Å². The maximum absolute atomic E-state index is 12.7. The molecular weight excluding hydrogens is 316 g/mol. The number of nitrogens with one attached hydrogen (secondary N) is 1. The van der Waals surface area contributed by atoms with Crippen LogP contribution in [0.2, 0.25) is 0 Å². The summed E-state index contributed by atoms with van der Waals surface area (Å²) in [6.07, 6.45) is 3.95. The topological polar surface area (TPSA) is 57.7 Å². The van der Waals surface area contributed by atoms with Crippen molar-refractivity contribution < 1.29 is 9.53 Å². The number of rotatable bonds is 8. The molecule has 1 aliphatic heterocycles. The third kappa shape index (κ3) is 5.16. The molecule has 6 heteroatoms. The second kappa shape index (κ2) is 9.73. The van der Waals surface area contributed by atoms with E-state index in [1.807, 2.05) is 31.1 Å². The van der Waals surface area contributed by atoms with Gasteiger partial charge in [-0.25, -0.2) is 4.98 Å². The highest BCUT2D eigenvalue weighted by atomic mass is 16.5. The van der Waals surface area contributed by atoms with E-state index in [1.54, 1.807) is 6.20 Å². The van der Waals surface area contributed by atoms with Crippen LogP contribution in [0.5, 0.6) is 0 Å². The molecule has 0 aliphatic carbocycles. The minimum absolute atomic E-state index is 0.0546. The smallest absolute Gasteiger partial charge is 0.255 e. The summed E-state index contributed by atoms with van der Waals surface area (Å²) in [7, 11) is 3.81. The van der Waals surface area contributed by atoms with Crippen LogP contribution in [0.3, 0.4) is 0 Å². The third-order valence-corrected chi connectivity index (χ3v) is 5.03. The van der Waals surface area contributed by atoms with Crippen molar-refractivity contribution in [3.8, 4) is 0 Å². The monoisotopic (exact) mass is 348 g/mol. The van der Waals surface area contributed by atoms with Gasteiger partial charge in [0.05, 0.1) is 18.8 Å². The first-order chi connectivity index (χ1) is 12.1. The molecular formula is C19H32N4O2. The quantitative estimate of drug-likeness (QED) is 0.779. The Kier molecular flexibility index (Phi) is 7.65. The summed E-state index contributed by atoms with van der Waals surface area (Å²) in [5.74, 6) is 1.21. The van der Waals surface area contributed by atoms with E-state index in [9.17, 15) is 4.79 Å². The Morgan fingerprint density at radius 1 is 1.32 bits per heavy atom. The van der Waals surface area contributed by atoms with Crippen molar-refractivity contribution in [2.24, 2.45) is 5.92 Å². The Morgan fingerprint density at radius 3 is 2.60 bits per heavy atom. The van der Waals surface area contributed by atoms with Gasteiger partial charge in [-0.3, -0.25) is 9.69 Å². The van der Waals surface area contributed by atoms with Gasteiger partial charge in [0.1, 0.15) is 5.82 Å². The molecule has 1 aromatic rings. The first-order valence-corrected chi connectivity index (χ1v) is 9.30. The fourth-order valence-electron chi connectivity index (χ4n) is 3.56. The Balaban J connectivity index is 2.07. The van der Waals surface area contributed by atoms with Crippen LogP contribution in [0.25, 0.3) is 0 Å².